The third-order valence-electron chi connectivity index (χ3n) is 5.16. The number of nitrogens with one attached hydrogen (secondary N) is 1. The molecule has 3 nitrogen and oxygen atoms in total. The van der Waals surface area contributed by atoms with E-state index in [1.807, 2.05) is 36.4 Å². The average Bonchev–Trinajstić information content (AvgIpc) is 2.63. The van der Waals surface area contributed by atoms with Crippen LogP contribution in [0.5, 0.6) is 0 Å². The number of carbonyl (C=O) groups excluding carboxylic acids is 2. The summed E-state index contributed by atoms with van der Waals surface area (Å²) in [6.45, 7) is 0. The molecular weight excluding hydrogens is 369 g/mol. The van der Waals surface area contributed by atoms with Crippen LogP contribution < -0.4 is 5.32 Å². The first-order valence-corrected chi connectivity index (χ1v) is 9.35. The van der Waals surface area contributed by atoms with Gasteiger partial charge >= 0.3 is 0 Å². The highest BCUT2D eigenvalue weighted by Gasteiger charge is 2.38. The minimum absolute atomic E-state index is 0.0705. The second-order valence-corrected chi connectivity index (χ2v) is 7.56. The topological polar surface area (TPSA) is 46.2 Å². The van der Waals surface area contributed by atoms with Crippen molar-refractivity contribution in [1.82, 2.24) is 5.32 Å². The maximum Gasteiger partial charge on any atom is 0.225 e. The Morgan fingerprint density at radius 2 is 1.65 bits per heavy atom. The van der Waals surface area contributed by atoms with E-state index in [-0.39, 0.29) is 29.9 Å². The fourth-order valence-corrected chi connectivity index (χ4v) is 4.42. The van der Waals surface area contributed by atoms with Crippen LogP contribution in [0.3, 0.4) is 0 Å². The zero-order chi connectivity index (χ0) is 18.3. The Morgan fingerprint density at radius 3 is 2.42 bits per heavy atom. The fourth-order valence-electron chi connectivity index (χ4n) is 3.98. The van der Waals surface area contributed by atoms with Crippen molar-refractivity contribution in [3.05, 3.63) is 81.0 Å². The van der Waals surface area contributed by atoms with Crippen LogP contribution in [0, 0.1) is 0 Å². The van der Waals surface area contributed by atoms with Crippen LogP contribution in [0.4, 0.5) is 0 Å². The van der Waals surface area contributed by atoms with Gasteiger partial charge in [0.2, 0.25) is 5.91 Å². The van der Waals surface area contributed by atoms with E-state index < -0.39 is 0 Å². The van der Waals surface area contributed by atoms with Gasteiger partial charge in [-0.25, -0.2) is 0 Å². The normalized spacial score (nSPS) is 22.8. The second kappa shape index (κ2) is 6.90. The molecule has 0 aromatic heterocycles. The Balaban J connectivity index is 1.76. The summed E-state index contributed by atoms with van der Waals surface area (Å²) in [7, 11) is 0. The Labute approximate surface area is 162 Å². The van der Waals surface area contributed by atoms with Crippen LogP contribution >= 0.6 is 23.2 Å². The molecular formula is C21H17Cl2NO2. The standard InChI is InChI=1S/C21H17Cl2NO2/c22-16-8-4-7-14(21(16)23)15-11-19(26)24-17-9-13(10-18(25)20(15)17)12-5-2-1-3-6-12/h1-8,13,15H,9-11H2,(H,24,26). The van der Waals surface area contributed by atoms with Crippen LogP contribution in [0.15, 0.2) is 59.8 Å². The second-order valence-electron chi connectivity index (χ2n) is 6.78. The van der Waals surface area contributed by atoms with E-state index in [0.717, 1.165) is 16.8 Å². The van der Waals surface area contributed by atoms with Crippen LogP contribution in [0.25, 0.3) is 0 Å². The molecule has 0 bridgehead atoms. The molecule has 2 unspecified atom stereocenters. The van der Waals surface area contributed by atoms with Gasteiger partial charge < -0.3 is 5.32 Å². The lowest BCUT2D eigenvalue weighted by molar-refractivity contribution is -0.122. The van der Waals surface area contributed by atoms with Crippen molar-refractivity contribution >= 4 is 34.9 Å². The van der Waals surface area contributed by atoms with Crippen LogP contribution in [0.2, 0.25) is 10.0 Å². The van der Waals surface area contributed by atoms with Gasteiger partial charge in [-0.2, -0.15) is 0 Å². The van der Waals surface area contributed by atoms with Crippen molar-refractivity contribution in [2.24, 2.45) is 0 Å². The Morgan fingerprint density at radius 1 is 0.885 bits per heavy atom. The molecule has 1 amide bonds. The predicted octanol–water partition coefficient (Wildman–Crippen LogP) is 5.00. The first kappa shape index (κ1) is 17.3. The minimum atomic E-state index is -0.339. The molecule has 1 aliphatic heterocycles. The zero-order valence-corrected chi connectivity index (χ0v) is 15.5. The van der Waals surface area contributed by atoms with Crippen LogP contribution in [0.1, 0.15) is 42.2 Å². The number of hydrogen-bond donors (Lipinski definition) is 1. The number of allylic oxidation sites excluding steroid dienone is 2. The molecule has 0 radical (unpaired) electrons. The van der Waals surface area contributed by atoms with Crippen LogP contribution in [-0.4, -0.2) is 11.7 Å². The summed E-state index contributed by atoms with van der Waals surface area (Å²) in [5.41, 5.74) is 3.27. The van der Waals surface area contributed by atoms with E-state index in [1.165, 1.54) is 0 Å². The minimum Gasteiger partial charge on any atom is -0.329 e. The van der Waals surface area contributed by atoms with Crippen molar-refractivity contribution < 1.29 is 9.59 Å². The molecule has 0 saturated heterocycles. The van der Waals surface area contributed by atoms with Gasteiger partial charge in [0.05, 0.1) is 10.0 Å². The van der Waals surface area contributed by atoms with Gasteiger partial charge in [0.25, 0.3) is 0 Å². The predicted molar refractivity (Wildman–Crippen MR) is 102 cm³/mol. The van der Waals surface area contributed by atoms with Gasteiger partial charge in [0.1, 0.15) is 0 Å². The van der Waals surface area contributed by atoms with Gasteiger partial charge in [-0.15, -0.1) is 0 Å². The molecule has 1 N–H and O–H groups in total. The lowest BCUT2D eigenvalue weighted by Crippen LogP contribution is -2.38. The fraction of sp³-hybridized carbons (Fsp3) is 0.238. The van der Waals surface area contributed by atoms with Gasteiger partial charge in [0, 0.05) is 30.0 Å². The molecule has 1 heterocycles. The summed E-state index contributed by atoms with van der Waals surface area (Å²) < 4.78 is 0. The lowest BCUT2D eigenvalue weighted by atomic mass is 9.73. The molecule has 0 saturated carbocycles. The number of amides is 1. The molecule has 2 aromatic carbocycles. The lowest BCUT2D eigenvalue weighted by Gasteiger charge is -2.34. The highest BCUT2D eigenvalue weighted by Crippen LogP contribution is 2.44. The van der Waals surface area contributed by atoms with E-state index in [4.69, 9.17) is 23.2 Å². The van der Waals surface area contributed by atoms with Gasteiger partial charge in [0.15, 0.2) is 5.78 Å². The summed E-state index contributed by atoms with van der Waals surface area (Å²) in [4.78, 5) is 25.3. The molecule has 2 aliphatic rings. The van der Waals surface area contributed by atoms with Gasteiger partial charge in [-0.05, 0) is 29.5 Å². The smallest absolute Gasteiger partial charge is 0.225 e. The first-order chi connectivity index (χ1) is 12.5. The van der Waals surface area contributed by atoms with E-state index >= 15 is 0 Å². The molecule has 0 spiro atoms. The highest BCUT2D eigenvalue weighted by atomic mass is 35.5. The van der Waals surface area contributed by atoms with Crippen molar-refractivity contribution in [1.29, 1.82) is 0 Å². The number of Topliss-reactive ketones (excluding diaryl/α,β-unsaturated/α-hetero) is 1. The quantitative estimate of drug-likeness (QED) is 0.790. The van der Waals surface area contributed by atoms with Crippen molar-refractivity contribution in [3.63, 3.8) is 0 Å². The number of halogens is 2. The number of rotatable bonds is 2. The summed E-state index contributed by atoms with van der Waals surface area (Å²) in [5, 5.41) is 3.77. The Bertz CT molecular complexity index is 921. The van der Waals surface area contributed by atoms with Gasteiger partial charge in [-0.3, -0.25) is 9.59 Å². The monoisotopic (exact) mass is 385 g/mol. The molecule has 2 atom stereocenters. The first-order valence-electron chi connectivity index (χ1n) is 8.59. The maximum atomic E-state index is 13.0. The third-order valence-corrected chi connectivity index (χ3v) is 6.00. The van der Waals surface area contributed by atoms with Gasteiger partial charge in [-0.1, -0.05) is 65.7 Å². The van der Waals surface area contributed by atoms with E-state index in [9.17, 15) is 9.59 Å². The molecule has 1 aliphatic carbocycles. The SMILES string of the molecule is O=C1CC(c2cccc(Cl)c2Cl)C2=C(CC(c3ccccc3)CC2=O)N1. The highest BCUT2D eigenvalue weighted by molar-refractivity contribution is 6.42. The molecule has 2 aromatic rings. The number of hydrogen-bond acceptors (Lipinski definition) is 2. The number of ketones is 1. The van der Waals surface area contributed by atoms with Crippen molar-refractivity contribution in [2.75, 3.05) is 0 Å². The largest absolute Gasteiger partial charge is 0.329 e. The van der Waals surface area contributed by atoms with E-state index in [2.05, 4.69) is 5.32 Å². The average molecular weight is 386 g/mol. The summed E-state index contributed by atoms with van der Waals surface area (Å²) in [6, 6.07) is 15.3. The summed E-state index contributed by atoms with van der Waals surface area (Å²) in [6.07, 6.45) is 1.29. The zero-order valence-electron chi connectivity index (χ0n) is 14.0. The number of carbonyl (C=O) groups is 2. The van der Waals surface area contributed by atoms with Crippen molar-refractivity contribution in [3.8, 4) is 0 Å². The molecule has 26 heavy (non-hydrogen) atoms. The summed E-state index contributed by atoms with van der Waals surface area (Å²) >= 11 is 12.5. The van der Waals surface area contributed by atoms with Crippen LogP contribution in [-0.2, 0) is 9.59 Å². The molecule has 132 valence electrons. The van der Waals surface area contributed by atoms with Crippen molar-refractivity contribution in [2.45, 2.75) is 31.1 Å². The van der Waals surface area contributed by atoms with E-state index in [1.54, 1.807) is 12.1 Å². The Kier molecular flexibility index (Phi) is 4.60. The molecule has 5 heteroatoms. The Hall–Kier alpha value is -2.10. The molecule has 0 fully saturated rings. The third kappa shape index (κ3) is 3.06. The summed E-state index contributed by atoms with van der Waals surface area (Å²) in [5.74, 6) is -0.280. The van der Waals surface area contributed by atoms with E-state index in [0.29, 0.717) is 28.5 Å². The maximum absolute atomic E-state index is 13.0. The molecule has 4 rings (SSSR count). The number of benzene rings is 2.